The number of nitrogens with zero attached hydrogens (tertiary/aromatic N) is 3. The summed E-state index contributed by atoms with van der Waals surface area (Å²) in [5.74, 6) is -1.38. The minimum atomic E-state index is -0.859. The number of imidazole rings is 1. The standard InChI is InChI=1S/C30H24N4O8.Na.H/c1-3-38-28-31-23-10-6-9-22(27(35)39-16-24-17(2)40-30(37)41-24)25(23)34(28)15-18-11-13-19(14-12-18)20-7-4-5-8-21(20)26-32-29(36)42-33-26;;/h4-14H,3,15-16H2,1-2H3,(H,32,33,36);;/q;+1;-1. The second-order valence-corrected chi connectivity index (χ2v) is 9.28. The molecule has 6 rings (SSSR count). The van der Waals surface area contributed by atoms with Gasteiger partial charge >= 0.3 is 47.1 Å². The number of hydrogen-bond donors (Lipinski definition) is 1. The molecule has 3 aromatic carbocycles. The van der Waals surface area contributed by atoms with E-state index in [0.717, 1.165) is 22.3 Å². The maximum absolute atomic E-state index is 13.2. The molecule has 0 aliphatic heterocycles. The maximum Gasteiger partial charge on any atom is 1.00 e. The average Bonchev–Trinajstić information content (AvgIpc) is 3.68. The van der Waals surface area contributed by atoms with E-state index < -0.39 is 17.5 Å². The summed E-state index contributed by atoms with van der Waals surface area (Å²) in [5.41, 5.74) is 4.80. The first-order valence-corrected chi connectivity index (χ1v) is 13.0. The molecular weight excluding hydrogens is 567 g/mol. The molecule has 3 aromatic heterocycles. The van der Waals surface area contributed by atoms with Crippen LogP contribution in [-0.2, 0) is 17.9 Å². The molecule has 0 radical (unpaired) electrons. The van der Waals surface area contributed by atoms with Crippen LogP contribution in [0.25, 0.3) is 33.5 Å². The second kappa shape index (κ2) is 12.7. The number of H-pyrrole nitrogens is 1. The van der Waals surface area contributed by atoms with Crippen molar-refractivity contribution in [3.8, 4) is 28.5 Å². The van der Waals surface area contributed by atoms with Crippen LogP contribution < -0.4 is 45.9 Å². The van der Waals surface area contributed by atoms with Crippen molar-refractivity contribution in [3.63, 3.8) is 0 Å². The van der Waals surface area contributed by atoms with Gasteiger partial charge in [-0.05, 0) is 42.7 Å². The van der Waals surface area contributed by atoms with E-state index in [1.54, 1.807) is 25.1 Å². The van der Waals surface area contributed by atoms with E-state index in [1.807, 2.05) is 60.0 Å². The number of ether oxygens (including phenoxy) is 2. The Morgan fingerprint density at radius 3 is 2.44 bits per heavy atom. The van der Waals surface area contributed by atoms with Gasteiger partial charge in [-0.2, -0.15) is 4.98 Å². The van der Waals surface area contributed by atoms with Gasteiger partial charge in [0.05, 0.1) is 29.7 Å². The molecule has 6 aromatic rings. The van der Waals surface area contributed by atoms with Crippen molar-refractivity contribution >= 4 is 17.0 Å². The molecule has 0 unspecified atom stereocenters. The van der Waals surface area contributed by atoms with Crippen molar-refractivity contribution in [2.75, 3.05) is 6.61 Å². The molecule has 0 saturated carbocycles. The smallest absolute Gasteiger partial charge is 1.00 e. The van der Waals surface area contributed by atoms with Crippen LogP contribution in [0, 0.1) is 6.92 Å². The molecule has 0 saturated heterocycles. The number of aromatic nitrogens is 4. The number of aryl methyl sites for hydroxylation is 1. The second-order valence-electron chi connectivity index (χ2n) is 9.28. The predicted molar refractivity (Wildman–Crippen MR) is 150 cm³/mol. The molecule has 3 heterocycles. The van der Waals surface area contributed by atoms with E-state index in [0.29, 0.717) is 36.0 Å². The van der Waals surface area contributed by atoms with E-state index in [9.17, 15) is 14.4 Å². The summed E-state index contributed by atoms with van der Waals surface area (Å²) in [6, 6.07) is 20.9. The van der Waals surface area contributed by atoms with Crippen LogP contribution >= 0.6 is 0 Å². The van der Waals surface area contributed by atoms with Crippen LogP contribution in [0.1, 0.15) is 35.8 Å². The summed E-state index contributed by atoms with van der Waals surface area (Å²) in [6.07, 6.45) is 0. The molecule has 13 heteroatoms. The van der Waals surface area contributed by atoms with Crippen molar-refractivity contribution in [3.05, 3.63) is 111 Å². The summed E-state index contributed by atoms with van der Waals surface area (Å²) in [7, 11) is 0. The van der Waals surface area contributed by atoms with E-state index in [2.05, 4.69) is 19.6 Å². The van der Waals surface area contributed by atoms with Crippen LogP contribution in [0.5, 0.6) is 6.01 Å². The number of hydrogen-bond acceptors (Lipinski definition) is 10. The van der Waals surface area contributed by atoms with Crippen LogP contribution in [0.4, 0.5) is 0 Å². The molecule has 0 spiro atoms. The molecule has 0 aliphatic carbocycles. The van der Waals surface area contributed by atoms with Crippen molar-refractivity contribution in [2.24, 2.45) is 0 Å². The van der Waals surface area contributed by atoms with Crippen molar-refractivity contribution < 1.29 is 58.6 Å². The maximum atomic E-state index is 13.2. The molecule has 0 aliphatic rings. The van der Waals surface area contributed by atoms with Gasteiger partial charge in [-0.3, -0.25) is 14.1 Å². The Kier molecular flexibility index (Phi) is 8.81. The molecule has 214 valence electrons. The summed E-state index contributed by atoms with van der Waals surface area (Å²) < 4.78 is 27.6. The van der Waals surface area contributed by atoms with Crippen molar-refractivity contribution in [1.29, 1.82) is 0 Å². The monoisotopic (exact) mass is 592 g/mol. The van der Waals surface area contributed by atoms with Gasteiger partial charge in [0.2, 0.25) is 0 Å². The summed E-state index contributed by atoms with van der Waals surface area (Å²) in [6.45, 7) is 3.88. The first kappa shape index (κ1) is 29.8. The number of aromatic amines is 1. The molecule has 0 bridgehead atoms. The Morgan fingerprint density at radius 2 is 1.77 bits per heavy atom. The number of para-hydroxylation sites is 1. The van der Waals surface area contributed by atoms with E-state index in [-0.39, 0.29) is 54.7 Å². The third kappa shape index (κ3) is 6.12. The van der Waals surface area contributed by atoms with Gasteiger partial charge in [0.25, 0.3) is 6.01 Å². The van der Waals surface area contributed by atoms with Crippen LogP contribution in [0.15, 0.2) is 89.7 Å². The van der Waals surface area contributed by atoms with Gasteiger partial charge in [-0.25, -0.2) is 14.4 Å². The Balaban J connectivity index is 0.00000221. The normalized spacial score (nSPS) is 10.9. The molecule has 1 N–H and O–H groups in total. The first-order valence-electron chi connectivity index (χ1n) is 13.0. The average molecular weight is 593 g/mol. The molecule has 12 nitrogen and oxygen atoms in total. The topological polar surface area (TPSA) is 156 Å². The number of carbonyl (C=O) groups excluding carboxylic acids is 1. The fraction of sp³-hybridized carbons (Fsp3) is 0.167. The number of fused-ring (bicyclic) bond motifs is 1. The summed E-state index contributed by atoms with van der Waals surface area (Å²) in [5, 5.41) is 3.83. The minimum Gasteiger partial charge on any atom is -1.00 e. The fourth-order valence-electron chi connectivity index (χ4n) is 4.69. The number of rotatable bonds is 9. The van der Waals surface area contributed by atoms with Crippen molar-refractivity contribution in [2.45, 2.75) is 27.0 Å². The summed E-state index contributed by atoms with van der Waals surface area (Å²) >= 11 is 0. The van der Waals surface area contributed by atoms with Crippen molar-refractivity contribution in [1.82, 2.24) is 19.7 Å². The van der Waals surface area contributed by atoms with Crippen LogP contribution in [-0.4, -0.2) is 32.3 Å². The first-order chi connectivity index (χ1) is 20.4. The Morgan fingerprint density at radius 1 is 1.00 bits per heavy atom. The Hall–Kier alpha value is -4.65. The summed E-state index contributed by atoms with van der Waals surface area (Å²) in [4.78, 5) is 43.2. The number of esters is 1. The van der Waals surface area contributed by atoms with Gasteiger partial charge in [0, 0.05) is 5.56 Å². The van der Waals surface area contributed by atoms with Gasteiger partial charge in [-0.15, -0.1) is 0 Å². The molecule has 0 atom stereocenters. The largest absolute Gasteiger partial charge is 1.00 e. The predicted octanol–water partition coefficient (Wildman–Crippen LogP) is 1.82. The molecular formula is C30H25N4NaO8. The quantitative estimate of drug-likeness (QED) is 0.194. The third-order valence-corrected chi connectivity index (χ3v) is 6.62. The Labute approximate surface area is 267 Å². The van der Waals surface area contributed by atoms with E-state index in [4.69, 9.17) is 18.3 Å². The zero-order valence-electron chi connectivity index (χ0n) is 24.6. The number of benzene rings is 3. The molecule has 43 heavy (non-hydrogen) atoms. The Bertz CT molecular complexity index is 2020. The minimum absolute atomic E-state index is 0. The van der Waals surface area contributed by atoms with Gasteiger partial charge in [0.1, 0.15) is 0 Å². The molecule has 0 fully saturated rings. The van der Waals surface area contributed by atoms with Gasteiger partial charge in [-0.1, -0.05) is 59.8 Å². The van der Waals surface area contributed by atoms with Crippen LogP contribution in [0.2, 0.25) is 0 Å². The fourth-order valence-corrected chi connectivity index (χ4v) is 4.69. The van der Waals surface area contributed by atoms with Gasteiger partial charge in [0.15, 0.2) is 24.0 Å². The van der Waals surface area contributed by atoms with E-state index in [1.165, 1.54) is 0 Å². The van der Waals surface area contributed by atoms with Crippen LogP contribution in [0.3, 0.4) is 0 Å². The van der Waals surface area contributed by atoms with Gasteiger partial charge < -0.3 is 19.7 Å². The molecule has 0 amide bonds. The number of carbonyl (C=O) groups is 1. The van der Waals surface area contributed by atoms with E-state index >= 15 is 0 Å². The third-order valence-electron chi connectivity index (χ3n) is 6.62. The zero-order valence-corrected chi connectivity index (χ0v) is 25.6. The zero-order chi connectivity index (χ0) is 29.2. The SMILES string of the molecule is CCOc1nc2cccc(C(=O)OCc3oc(=O)oc3C)c2n1Cc1ccc(-c2ccccc2-c2noc(=O)[nH]2)cc1.[H-].[Na+]. The number of nitrogens with one attached hydrogen (secondary N) is 1.